The van der Waals surface area contributed by atoms with E-state index in [1.807, 2.05) is 18.7 Å². The molecule has 1 unspecified atom stereocenters. The Morgan fingerprint density at radius 3 is 1.85 bits per heavy atom. The lowest BCUT2D eigenvalue weighted by Crippen LogP contribution is -2.59. The molecule has 3 aliphatic rings. The molecular weight excluding hydrogens is 568 g/mol. The largest absolute Gasteiger partial charge is 0.715 e. The van der Waals surface area contributed by atoms with E-state index in [0.717, 1.165) is 59.8 Å². The van der Waals surface area contributed by atoms with E-state index in [1.54, 1.807) is 0 Å². The van der Waals surface area contributed by atoms with Crippen molar-refractivity contribution >= 4 is 23.8 Å². The molecule has 0 fully saturated rings. The van der Waals surface area contributed by atoms with Gasteiger partial charge < -0.3 is 14.0 Å². The zero-order chi connectivity index (χ0) is 32.6. The van der Waals surface area contributed by atoms with Crippen molar-refractivity contribution in [2.45, 2.75) is 110 Å². The average Bonchev–Trinajstić information content (AvgIpc) is 3.59. The number of unbranched alkanes of at least 4 members (excludes halogenated alkanes) is 1. The van der Waals surface area contributed by atoms with Crippen LogP contribution in [0.2, 0.25) is 0 Å². The lowest BCUT2D eigenvalue weighted by atomic mass is 9.79. The number of hydrogen-bond acceptors (Lipinski definition) is 3. The molecule has 0 bridgehead atoms. The minimum Gasteiger partial charge on any atom is -0.339 e. The minimum atomic E-state index is -1.21. The fraction of sp³-hybridized carbons (Fsp3) is 0.425. The van der Waals surface area contributed by atoms with Crippen molar-refractivity contribution in [3.63, 3.8) is 0 Å². The molecule has 3 aliphatic heterocycles. The van der Waals surface area contributed by atoms with Crippen LogP contribution < -0.4 is 9.47 Å². The van der Waals surface area contributed by atoms with E-state index in [4.69, 9.17) is 9.47 Å². The molecule has 7 rings (SSSR count). The fourth-order valence-electron chi connectivity index (χ4n) is 6.87. The maximum absolute atomic E-state index is 7.30. The number of aryl methyl sites for hydroxylation is 2. The molecule has 6 nitrogen and oxygen atoms in total. The third kappa shape index (κ3) is 5.06. The molecule has 0 saturated heterocycles. The molecule has 3 aromatic carbocycles. The Hall–Kier alpha value is -4.19. The molecule has 4 heterocycles. The molecule has 0 radical (unpaired) electrons. The van der Waals surface area contributed by atoms with Gasteiger partial charge in [-0.1, -0.05) is 86.6 Å². The van der Waals surface area contributed by atoms with Gasteiger partial charge in [-0.3, -0.25) is 0 Å². The fourth-order valence-corrected chi connectivity index (χ4v) is 6.87. The zero-order valence-corrected chi connectivity index (χ0v) is 28.9. The van der Waals surface area contributed by atoms with Gasteiger partial charge in [-0.2, -0.15) is 0 Å². The van der Waals surface area contributed by atoms with Crippen molar-refractivity contribution in [2.24, 2.45) is 0 Å². The van der Waals surface area contributed by atoms with Crippen LogP contribution in [0.15, 0.2) is 67.3 Å². The summed E-state index contributed by atoms with van der Waals surface area (Å²) in [5.74, 6) is 1.78. The Kier molecular flexibility index (Phi) is 6.90. The summed E-state index contributed by atoms with van der Waals surface area (Å²) in [5, 5.41) is 0. The highest BCUT2D eigenvalue weighted by Crippen LogP contribution is 2.52. The molecule has 0 aliphatic carbocycles. The molecule has 46 heavy (non-hydrogen) atoms. The second kappa shape index (κ2) is 10.4. The third-order valence-corrected chi connectivity index (χ3v) is 9.48. The third-order valence-electron chi connectivity index (χ3n) is 9.48. The summed E-state index contributed by atoms with van der Waals surface area (Å²) in [7, 11) is 0. The van der Waals surface area contributed by atoms with Gasteiger partial charge in [-0.25, -0.2) is 4.98 Å². The molecular formula is C40H48N4O2+2. The van der Waals surface area contributed by atoms with Gasteiger partial charge in [0.2, 0.25) is 0 Å². The van der Waals surface area contributed by atoms with Crippen molar-refractivity contribution < 1.29 is 18.6 Å². The molecule has 238 valence electrons. The van der Waals surface area contributed by atoms with Crippen LogP contribution in [0.5, 0.6) is 11.5 Å². The predicted molar refractivity (Wildman–Crippen MR) is 185 cm³/mol. The number of imidazole rings is 1. The summed E-state index contributed by atoms with van der Waals surface area (Å²) in [6, 6.07) is 16.6. The second-order valence-electron chi connectivity index (χ2n) is 16.3. The van der Waals surface area contributed by atoms with E-state index in [0.29, 0.717) is 0 Å². The van der Waals surface area contributed by atoms with Crippen LogP contribution in [0, 0.1) is 0 Å². The number of nitrogens with zero attached hydrogens (tertiary/aromatic N) is 4. The zero-order valence-electron chi connectivity index (χ0n) is 28.9. The number of aromatic nitrogens is 2. The highest BCUT2D eigenvalue weighted by atomic mass is 16.7. The monoisotopic (exact) mass is 616 g/mol. The standard InChI is InChI=1S/C40H48N4O2/c1-37(2,3)30-22-29-25-44-34-16-11-10-15-33(34)43-24-28-20-27(14-12-13-18-42-19-17-41-26-42)21-31(38(4,5)6)35(28)45-40(43,44)46-36(29)32(23-30)39(7,8)9/h10-11,15-17,19-26H,12-14,18H2,1-9H3/q+2. The minimum absolute atomic E-state index is 0.000187. The van der Waals surface area contributed by atoms with Gasteiger partial charge in [-0.05, 0) is 67.9 Å². The number of rotatable bonds is 5. The van der Waals surface area contributed by atoms with Gasteiger partial charge in [0.25, 0.3) is 11.4 Å². The summed E-state index contributed by atoms with van der Waals surface area (Å²) >= 11 is 0. The Balaban J connectivity index is 1.37. The SMILES string of the molecule is CC(C)(C)c1cc2c(c(C(C)(C)C)c1)OC13Oc4c(cc(CCCCn5ccnc5)cc4C(C)(C)C)C=[N+]1c1ccccc1[N+]3=C2. The number of benzene rings is 3. The summed E-state index contributed by atoms with van der Waals surface area (Å²) in [4.78, 5) is 4.18. The highest BCUT2D eigenvalue weighted by molar-refractivity contribution is 5.87. The molecule has 1 atom stereocenters. The molecule has 0 saturated carbocycles. The molecule has 1 aromatic heterocycles. The van der Waals surface area contributed by atoms with Gasteiger partial charge >= 0.3 is 6.03 Å². The first-order chi connectivity index (χ1) is 21.6. The highest BCUT2D eigenvalue weighted by Gasteiger charge is 2.73. The summed E-state index contributed by atoms with van der Waals surface area (Å²) in [6.45, 7) is 21.4. The van der Waals surface area contributed by atoms with Gasteiger partial charge in [0.15, 0.2) is 23.9 Å². The van der Waals surface area contributed by atoms with Gasteiger partial charge in [0, 0.05) is 42.2 Å². The van der Waals surface area contributed by atoms with E-state index < -0.39 is 6.03 Å². The summed E-state index contributed by atoms with van der Waals surface area (Å²) < 4.78 is 21.1. The molecule has 6 heteroatoms. The Morgan fingerprint density at radius 1 is 0.717 bits per heavy atom. The summed E-state index contributed by atoms with van der Waals surface area (Å²) in [5.41, 5.74) is 9.05. The van der Waals surface area contributed by atoms with Crippen LogP contribution in [0.1, 0.15) is 109 Å². The predicted octanol–water partition coefficient (Wildman–Crippen LogP) is 8.73. The van der Waals surface area contributed by atoms with Crippen molar-refractivity contribution in [1.29, 1.82) is 0 Å². The van der Waals surface area contributed by atoms with Crippen LogP contribution in [-0.4, -0.2) is 37.2 Å². The lowest BCUT2D eigenvalue weighted by molar-refractivity contribution is -0.831. The van der Waals surface area contributed by atoms with Crippen molar-refractivity contribution in [3.05, 3.63) is 101 Å². The Labute approximate surface area is 274 Å². The Morgan fingerprint density at radius 2 is 1.30 bits per heavy atom. The van der Waals surface area contributed by atoms with Crippen molar-refractivity contribution in [1.82, 2.24) is 9.55 Å². The van der Waals surface area contributed by atoms with Gasteiger partial charge in [0.05, 0.1) is 17.5 Å². The quantitative estimate of drug-likeness (QED) is 0.166. The van der Waals surface area contributed by atoms with Crippen LogP contribution in [-0.2, 0) is 29.2 Å². The Bertz CT molecular complexity index is 1900. The second-order valence-corrected chi connectivity index (χ2v) is 16.3. The van der Waals surface area contributed by atoms with E-state index in [1.165, 1.54) is 22.3 Å². The average molecular weight is 617 g/mol. The van der Waals surface area contributed by atoms with Crippen LogP contribution in [0.4, 0.5) is 11.4 Å². The maximum Gasteiger partial charge on any atom is 0.715 e. The van der Waals surface area contributed by atoms with Gasteiger partial charge in [-0.15, -0.1) is 0 Å². The van der Waals surface area contributed by atoms with E-state index in [9.17, 15) is 0 Å². The maximum atomic E-state index is 7.30. The van der Waals surface area contributed by atoms with Gasteiger partial charge in [0.1, 0.15) is 0 Å². The lowest BCUT2D eigenvalue weighted by Gasteiger charge is -2.33. The number of para-hydroxylation sites is 2. The molecule has 0 N–H and O–H groups in total. The van der Waals surface area contributed by atoms with Crippen molar-refractivity contribution in [2.75, 3.05) is 0 Å². The van der Waals surface area contributed by atoms with E-state index in [-0.39, 0.29) is 16.2 Å². The van der Waals surface area contributed by atoms with Crippen LogP contribution in [0.25, 0.3) is 0 Å². The molecule has 0 amide bonds. The van der Waals surface area contributed by atoms with Crippen molar-refractivity contribution in [3.8, 4) is 11.5 Å². The van der Waals surface area contributed by atoms with Crippen LogP contribution >= 0.6 is 0 Å². The van der Waals surface area contributed by atoms with E-state index >= 15 is 0 Å². The molecule has 1 spiro atoms. The first kappa shape index (κ1) is 30.5. The molecule has 4 aromatic rings. The van der Waals surface area contributed by atoms with E-state index in [2.05, 4.69) is 142 Å². The smallest absolute Gasteiger partial charge is 0.339 e. The number of hydrogen-bond donors (Lipinski definition) is 0. The first-order valence-electron chi connectivity index (χ1n) is 16.7. The first-order valence-corrected chi connectivity index (χ1v) is 16.7. The topological polar surface area (TPSA) is 42.3 Å². The van der Waals surface area contributed by atoms with Crippen LogP contribution in [0.3, 0.4) is 0 Å². The number of fused-ring (bicyclic) bond motifs is 5. The number of ether oxygens (including phenoxy) is 2. The summed E-state index contributed by atoms with van der Waals surface area (Å²) in [6.07, 6.45) is 13.5. The normalized spacial score (nSPS) is 18.3.